The molecule has 0 saturated heterocycles. The van der Waals surface area contributed by atoms with Crippen LogP contribution in [0.25, 0.3) is 0 Å². The molecule has 1 N–H and O–H groups in total. The van der Waals surface area contributed by atoms with Crippen LogP contribution in [-0.2, 0) is 6.42 Å². The van der Waals surface area contributed by atoms with Crippen molar-refractivity contribution in [2.75, 3.05) is 11.9 Å². The molecular weight excluding hydrogens is 210 g/mol. The molecule has 1 aromatic rings. The minimum absolute atomic E-state index is 0.309. The summed E-state index contributed by atoms with van der Waals surface area (Å²) in [6.07, 6.45) is 6.01. The normalized spacial score (nSPS) is 19.9. The number of rotatable bonds is 2. The van der Waals surface area contributed by atoms with Crippen LogP contribution in [0.1, 0.15) is 30.4 Å². The fraction of sp³-hybridized carbons (Fsp3) is 0.429. The summed E-state index contributed by atoms with van der Waals surface area (Å²) >= 11 is 0. The summed E-state index contributed by atoms with van der Waals surface area (Å²) in [6, 6.07) is 8.71. The van der Waals surface area contributed by atoms with E-state index in [0.717, 1.165) is 37.9 Å². The molecule has 0 atom stereocenters. The van der Waals surface area contributed by atoms with Crippen molar-refractivity contribution in [2.45, 2.75) is 31.2 Å². The predicted molar refractivity (Wildman–Crippen MR) is 68.4 cm³/mol. The van der Waals surface area contributed by atoms with Gasteiger partial charge in [-0.3, -0.25) is 4.99 Å². The van der Waals surface area contributed by atoms with Gasteiger partial charge in [0.1, 0.15) is 5.54 Å². The summed E-state index contributed by atoms with van der Waals surface area (Å²) in [5.74, 6) is 0. The number of nitriles is 1. The first kappa shape index (κ1) is 10.3. The first-order valence-corrected chi connectivity index (χ1v) is 6.14. The van der Waals surface area contributed by atoms with Crippen molar-refractivity contribution in [1.82, 2.24) is 0 Å². The number of benzene rings is 1. The van der Waals surface area contributed by atoms with Gasteiger partial charge in [-0.1, -0.05) is 6.07 Å². The van der Waals surface area contributed by atoms with Crippen LogP contribution < -0.4 is 5.32 Å². The molecule has 1 aromatic carbocycles. The lowest BCUT2D eigenvalue weighted by molar-refractivity contribution is 0.356. The maximum atomic E-state index is 9.20. The average molecular weight is 225 g/mol. The second-order valence-electron chi connectivity index (χ2n) is 4.87. The third kappa shape index (κ3) is 1.80. The van der Waals surface area contributed by atoms with Gasteiger partial charge in [0.25, 0.3) is 0 Å². The van der Waals surface area contributed by atoms with E-state index in [-0.39, 0.29) is 5.54 Å². The molecule has 3 rings (SSSR count). The number of anilines is 1. The lowest BCUT2D eigenvalue weighted by Crippen LogP contribution is -2.43. The van der Waals surface area contributed by atoms with Crippen LogP contribution in [0.5, 0.6) is 0 Å². The Bertz CT molecular complexity index is 507. The zero-order chi connectivity index (χ0) is 11.7. The van der Waals surface area contributed by atoms with Crippen LogP contribution in [0.4, 0.5) is 5.69 Å². The Kier molecular flexibility index (Phi) is 2.36. The molecule has 0 amide bonds. The van der Waals surface area contributed by atoms with Gasteiger partial charge in [-0.25, -0.2) is 0 Å². The van der Waals surface area contributed by atoms with Crippen LogP contribution >= 0.6 is 0 Å². The second kappa shape index (κ2) is 3.89. The number of nitrogens with zero attached hydrogens (tertiary/aromatic N) is 2. The minimum Gasteiger partial charge on any atom is -0.367 e. The molecule has 0 unspecified atom stereocenters. The summed E-state index contributed by atoms with van der Waals surface area (Å²) in [5, 5.41) is 12.6. The maximum Gasteiger partial charge on any atom is 0.125 e. The molecule has 3 heteroatoms. The number of fused-ring (bicyclic) bond motifs is 1. The van der Waals surface area contributed by atoms with E-state index in [2.05, 4.69) is 28.5 Å². The van der Waals surface area contributed by atoms with Crippen LogP contribution in [0, 0.1) is 11.3 Å². The third-order valence-electron chi connectivity index (χ3n) is 3.69. The molecule has 1 aliphatic heterocycles. The summed E-state index contributed by atoms with van der Waals surface area (Å²) in [7, 11) is 0. The molecule has 2 aliphatic rings. The highest BCUT2D eigenvalue weighted by molar-refractivity contribution is 5.83. The van der Waals surface area contributed by atoms with Gasteiger partial charge in [-0.2, -0.15) is 5.26 Å². The fourth-order valence-corrected chi connectivity index (χ4v) is 2.45. The Balaban J connectivity index is 1.85. The molecule has 0 radical (unpaired) electrons. The lowest BCUT2D eigenvalue weighted by atomic mass is 9.78. The molecule has 3 nitrogen and oxygen atoms in total. The quantitative estimate of drug-likeness (QED) is 0.840. The SMILES string of the molecule is N#CC1(Nc2ccc3c(c2)CCN=C3)CCC1. The first-order valence-electron chi connectivity index (χ1n) is 6.14. The topological polar surface area (TPSA) is 48.2 Å². The van der Waals surface area contributed by atoms with Crippen molar-refractivity contribution in [3.05, 3.63) is 29.3 Å². The van der Waals surface area contributed by atoms with Gasteiger partial charge >= 0.3 is 0 Å². The Morgan fingerprint density at radius 3 is 2.94 bits per heavy atom. The molecule has 86 valence electrons. The molecule has 0 bridgehead atoms. The van der Waals surface area contributed by atoms with Gasteiger partial charge in [-0.05, 0) is 48.9 Å². The Labute approximate surface area is 101 Å². The first-order chi connectivity index (χ1) is 8.31. The zero-order valence-electron chi connectivity index (χ0n) is 9.74. The molecule has 1 fully saturated rings. The van der Waals surface area contributed by atoms with Crippen molar-refractivity contribution in [1.29, 1.82) is 5.26 Å². The van der Waals surface area contributed by atoms with E-state index in [1.165, 1.54) is 11.1 Å². The van der Waals surface area contributed by atoms with E-state index < -0.39 is 0 Å². The van der Waals surface area contributed by atoms with Gasteiger partial charge < -0.3 is 5.32 Å². The summed E-state index contributed by atoms with van der Waals surface area (Å²) < 4.78 is 0. The van der Waals surface area contributed by atoms with Crippen LogP contribution in [-0.4, -0.2) is 18.3 Å². The van der Waals surface area contributed by atoms with Crippen molar-refractivity contribution in [2.24, 2.45) is 4.99 Å². The zero-order valence-corrected chi connectivity index (χ0v) is 9.74. The van der Waals surface area contributed by atoms with E-state index >= 15 is 0 Å². The number of hydrogen-bond acceptors (Lipinski definition) is 3. The van der Waals surface area contributed by atoms with Crippen molar-refractivity contribution in [3.63, 3.8) is 0 Å². The highest BCUT2D eigenvalue weighted by atomic mass is 15.0. The number of aliphatic imine (C=N–C) groups is 1. The van der Waals surface area contributed by atoms with E-state index in [4.69, 9.17) is 0 Å². The average Bonchev–Trinajstić information content (AvgIpc) is 2.34. The van der Waals surface area contributed by atoms with Crippen molar-refractivity contribution < 1.29 is 0 Å². The summed E-state index contributed by atoms with van der Waals surface area (Å²) in [5.41, 5.74) is 3.30. The largest absolute Gasteiger partial charge is 0.367 e. The van der Waals surface area contributed by atoms with E-state index in [9.17, 15) is 5.26 Å². The molecular formula is C14H15N3. The summed E-state index contributed by atoms with van der Waals surface area (Å²) in [4.78, 5) is 4.27. The summed E-state index contributed by atoms with van der Waals surface area (Å²) in [6.45, 7) is 0.875. The van der Waals surface area contributed by atoms with Gasteiger partial charge in [0.15, 0.2) is 0 Å². The van der Waals surface area contributed by atoms with Gasteiger partial charge in [0.2, 0.25) is 0 Å². The Hall–Kier alpha value is -1.82. The molecule has 1 saturated carbocycles. The predicted octanol–water partition coefficient (Wildman–Crippen LogP) is 2.52. The standard InChI is InChI=1S/C14H15N3/c15-10-14(5-1-6-14)17-13-3-2-12-9-16-7-4-11(12)8-13/h2-3,8-9,17H,1,4-7H2. The Morgan fingerprint density at radius 2 is 2.24 bits per heavy atom. The molecule has 1 aliphatic carbocycles. The molecule has 0 spiro atoms. The third-order valence-corrected chi connectivity index (χ3v) is 3.69. The van der Waals surface area contributed by atoms with Crippen LogP contribution in [0.15, 0.2) is 23.2 Å². The highest BCUT2D eigenvalue weighted by Gasteiger charge is 2.37. The lowest BCUT2D eigenvalue weighted by Gasteiger charge is -2.37. The van der Waals surface area contributed by atoms with Crippen LogP contribution in [0.3, 0.4) is 0 Å². The molecule has 1 heterocycles. The Morgan fingerprint density at radius 1 is 1.35 bits per heavy atom. The van der Waals surface area contributed by atoms with E-state index in [1.807, 2.05) is 12.3 Å². The van der Waals surface area contributed by atoms with Gasteiger partial charge in [-0.15, -0.1) is 0 Å². The van der Waals surface area contributed by atoms with Crippen molar-refractivity contribution >= 4 is 11.9 Å². The smallest absolute Gasteiger partial charge is 0.125 e. The highest BCUT2D eigenvalue weighted by Crippen LogP contribution is 2.35. The van der Waals surface area contributed by atoms with E-state index in [1.54, 1.807) is 0 Å². The minimum atomic E-state index is -0.309. The fourth-order valence-electron chi connectivity index (χ4n) is 2.45. The maximum absolute atomic E-state index is 9.20. The number of nitrogens with one attached hydrogen (secondary N) is 1. The second-order valence-corrected chi connectivity index (χ2v) is 4.87. The van der Waals surface area contributed by atoms with Gasteiger partial charge in [0, 0.05) is 18.4 Å². The number of hydrogen-bond donors (Lipinski definition) is 1. The van der Waals surface area contributed by atoms with Crippen molar-refractivity contribution in [3.8, 4) is 6.07 Å². The molecule has 0 aromatic heterocycles. The van der Waals surface area contributed by atoms with Gasteiger partial charge in [0.05, 0.1) is 6.07 Å². The monoisotopic (exact) mass is 225 g/mol. The van der Waals surface area contributed by atoms with E-state index in [0.29, 0.717) is 0 Å². The molecule has 17 heavy (non-hydrogen) atoms. The van der Waals surface area contributed by atoms with Crippen LogP contribution in [0.2, 0.25) is 0 Å².